The third-order valence-electron chi connectivity index (χ3n) is 15.9. The zero-order chi connectivity index (χ0) is 42.8. The molecule has 62 heavy (non-hydrogen) atoms. The van der Waals surface area contributed by atoms with Crippen molar-refractivity contribution in [1.29, 1.82) is 0 Å². The van der Waals surface area contributed by atoms with Crippen LogP contribution in [0.5, 0.6) is 0 Å². The Labute approximate surface area is 367 Å². The Bertz CT molecular complexity index is 3210. The number of rotatable bonds is 6. The van der Waals surface area contributed by atoms with Crippen LogP contribution in [-0.4, -0.2) is 4.57 Å². The normalized spacial score (nSPS) is 16.3. The fourth-order valence-electron chi connectivity index (χ4n) is 11.2. The Morgan fingerprint density at radius 3 is 1.66 bits per heavy atom. The quantitative estimate of drug-likeness (QED) is 0.163. The average molecular weight is 803 g/mol. The van der Waals surface area contributed by atoms with Gasteiger partial charge in [-0.05, 0) is 127 Å². The highest BCUT2D eigenvalue weighted by Gasteiger charge is 2.57. The molecule has 11 rings (SSSR count). The summed E-state index contributed by atoms with van der Waals surface area (Å²) in [6, 6.07) is 67.8. The molecule has 2 aliphatic carbocycles. The molecule has 8 aromatic carbocycles. The maximum absolute atomic E-state index is 2.51. The van der Waals surface area contributed by atoms with E-state index in [1.807, 2.05) is 0 Å². The van der Waals surface area contributed by atoms with Crippen LogP contribution < -0.4 is 4.90 Å². The van der Waals surface area contributed by atoms with Crippen molar-refractivity contribution < 1.29 is 0 Å². The minimum atomic E-state index is -0.105. The van der Waals surface area contributed by atoms with Gasteiger partial charge in [0, 0.05) is 38.8 Å². The van der Waals surface area contributed by atoms with Gasteiger partial charge < -0.3 is 9.47 Å². The monoisotopic (exact) mass is 802 g/mol. The highest BCUT2D eigenvalue weighted by atomic mass is 15.1. The predicted octanol–water partition coefficient (Wildman–Crippen LogP) is 16.5. The van der Waals surface area contributed by atoms with Crippen LogP contribution in [0.2, 0.25) is 0 Å². The van der Waals surface area contributed by atoms with Gasteiger partial charge in [-0.15, -0.1) is 0 Å². The molecule has 0 saturated carbocycles. The van der Waals surface area contributed by atoms with E-state index in [2.05, 4.69) is 247 Å². The third kappa shape index (κ3) is 5.35. The van der Waals surface area contributed by atoms with Gasteiger partial charge in [0.1, 0.15) is 0 Å². The molecule has 0 aliphatic heterocycles. The van der Waals surface area contributed by atoms with Crippen molar-refractivity contribution in [2.45, 2.75) is 71.6 Å². The lowest BCUT2D eigenvalue weighted by Crippen LogP contribution is -2.42. The van der Waals surface area contributed by atoms with Gasteiger partial charge in [-0.1, -0.05) is 177 Å². The van der Waals surface area contributed by atoms with Crippen molar-refractivity contribution in [1.82, 2.24) is 4.57 Å². The number of nitrogens with zero attached hydrogens (tertiary/aromatic N) is 2. The summed E-state index contributed by atoms with van der Waals surface area (Å²) in [6.45, 7) is 19.4. The van der Waals surface area contributed by atoms with E-state index in [1.165, 1.54) is 83.1 Å². The van der Waals surface area contributed by atoms with Crippen LogP contribution >= 0.6 is 0 Å². The first kappa shape index (κ1) is 38.3. The molecule has 0 radical (unpaired) electrons. The number of fused-ring (bicyclic) bond motifs is 7. The van der Waals surface area contributed by atoms with Crippen molar-refractivity contribution >= 4 is 38.9 Å². The molecule has 1 heterocycles. The van der Waals surface area contributed by atoms with Gasteiger partial charge in [0.15, 0.2) is 0 Å². The lowest BCUT2D eigenvalue weighted by molar-refractivity contribution is 0.125. The van der Waals surface area contributed by atoms with Gasteiger partial charge in [-0.25, -0.2) is 0 Å². The van der Waals surface area contributed by atoms with E-state index in [1.54, 1.807) is 0 Å². The van der Waals surface area contributed by atoms with Crippen molar-refractivity contribution in [2.24, 2.45) is 5.41 Å². The lowest BCUT2D eigenvalue weighted by Gasteiger charge is -2.44. The van der Waals surface area contributed by atoms with Gasteiger partial charge in [-0.2, -0.15) is 0 Å². The molecular weight excluding hydrogens is 749 g/mol. The van der Waals surface area contributed by atoms with Gasteiger partial charge >= 0.3 is 0 Å². The summed E-state index contributed by atoms with van der Waals surface area (Å²) < 4.78 is 2.48. The van der Waals surface area contributed by atoms with Crippen LogP contribution in [0.25, 0.3) is 60.9 Å². The minimum Gasteiger partial charge on any atom is -0.310 e. The predicted molar refractivity (Wildman–Crippen MR) is 264 cm³/mol. The second-order valence-electron chi connectivity index (χ2n) is 19.9. The fourth-order valence-corrected chi connectivity index (χ4v) is 11.2. The molecule has 1 aromatic heterocycles. The number of anilines is 3. The number of benzene rings is 8. The SMILES string of the molecule is CC1(C)c2ccccc2-c2ccc(N(c3ccc(-c4ccc(-n5c6ccccc6c6cc7c(cc65)C(C)(C)C(C)(C)C7(C)C)cc4)cc3)c3ccccc3-c3ccccc3)cc21. The summed E-state index contributed by atoms with van der Waals surface area (Å²) in [5.41, 5.74) is 20.3. The van der Waals surface area contributed by atoms with Crippen LogP contribution in [-0.2, 0) is 16.2 Å². The number of hydrogen-bond donors (Lipinski definition) is 0. The minimum absolute atomic E-state index is 0.0273. The van der Waals surface area contributed by atoms with E-state index in [0.29, 0.717) is 0 Å². The Morgan fingerprint density at radius 2 is 0.935 bits per heavy atom. The molecule has 304 valence electrons. The summed E-state index contributed by atoms with van der Waals surface area (Å²) in [6.07, 6.45) is 0. The van der Waals surface area contributed by atoms with Crippen LogP contribution in [0.4, 0.5) is 17.1 Å². The molecule has 2 nitrogen and oxygen atoms in total. The fraction of sp³-hybridized carbons (Fsp3) is 0.200. The Balaban J connectivity index is 0.995. The summed E-state index contributed by atoms with van der Waals surface area (Å²) in [7, 11) is 0. The van der Waals surface area contributed by atoms with Gasteiger partial charge in [0.25, 0.3) is 0 Å². The standard InChI is InChI=1S/C60H54N2/c1-57(2)50-23-15-12-21-46(50)47-35-34-44(36-51(47)57)61(54-24-16-13-20-45(54)41-18-10-9-11-19-41)42-30-26-39(27-31-42)40-28-32-43(33-29-40)62-55-25-17-14-22-48(55)49-37-52-53(38-56(49)62)59(5,6)60(7,8)58(52,3)4/h9-38H,1-8H3. The molecule has 2 aliphatic rings. The first-order chi connectivity index (χ1) is 29.8. The molecule has 0 N–H and O–H groups in total. The zero-order valence-corrected chi connectivity index (χ0v) is 37.2. The molecular formula is C60H54N2. The molecule has 0 saturated heterocycles. The van der Waals surface area contributed by atoms with Crippen molar-refractivity contribution in [2.75, 3.05) is 4.90 Å². The highest BCUT2D eigenvalue weighted by Crippen LogP contribution is 2.62. The van der Waals surface area contributed by atoms with Crippen LogP contribution in [0, 0.1) is 5.41 Å². The lowest BCUT2D eigenvalue weighted by atomic mass is 9.59. The van der Waals surface area contributed by atoms with E-state index in [9.17, 15) is 0 Å². The van der Waals surface area contributed by atoms with E-state index < -0.39 is 0 Å². The summed E-state index contributed by atoms with van der Waals surface area (Å²) in [4.78, 5) is 2.44. The number of hydrogen-bond acceptors (Lipinski definition) is 1. The van der Waals surface area contributed by atoms with E-state index in [0.717, 1.165) is 17.1 Å². The van der Waals surface area contributed by atoms with Crippen LogP contribution in [0.1, 0.15) is 77.6 Å². The molecule has 9 aromatic rings. The van der Waals surface area contributed by atoms with Crippen LogP contribution in [0.3, 0.4) is 0 Å². The Morgan fingerprint density at radius 1 is 0.371 bits per heavy atom. The zero-order valence-electron chi connectivity index (χ0n) is 37.2. The Kier molecular flexibility index (Phi) is 8.29. The largest absolute Gasteiger partial charge is 0.310 e. The second kappa shape index (κ2) is 13.4. The third-order valence-corrected chi connectivity index (χ3v) is 15.9. The smallest absolute Gasteiger partial charge is 0.0544 e. The topological polar surface area (TPSA) is 8.17 Å². The van der Waals surface area contributed by atoms with Crippen molar-refractivity contribution in [3.8, 4) is 39.1 Å². The van der Waals surface area contributed by atoms with Crippen LogP contribution in [0.15, 0.2) is 182 Å². The van der Waals surface area contributed by atoms with Crippen molar-refractivity contribution in [3.05, 3.63) is 204 Å². The summed E-state index contributed by atoms with van der Waals surface area (Å²) in [5, 5.41) is 2.63. The highest BCUT2D eigenvalue weighted by molar-refractivity contribution is 6.10. The van der Waals surface area contributed by atoms with Gasteiger partial charge in [-0.3, -0.25) is 0 Å². The summed E-state index contributed by atoms with van der Waals surface area (Å²) >= 11 is 0. The molecule has 0 unspecified atom stereocenters. The molecule has 2 heteroatoms. The Hall–Kier alpha value is -6.64. The first-order valence-corrected chi connectivity index (χ1v) is 22.3. The van der Waals surface area contributed by atoms with E-state index in [-0.39, 0.29) is 21.7 Å². The molecule has 0 bridgehead atoms. The molecule has 0 spiro atoms. The van der Waals surface area contributed by atoms with Gasteiger partial charge in [0.2, 0.25) is 0 Å². The van der Waals surface area contributed by atoms with Gasteiger partial charge in [0.05, 0.1) is 16.7 Å². The maximum Gasteiger partial charge on any atom is 0.0544 e. The first-order valence-electron chi connectivity index (χ1n) is 22.3. The number of para-hydroxylation sites is 2. The molecule has 0 amide bonds. The maximum atomic E-state index is 2.51. The van der Waals surface area contributed by atoms with Crippen molar-refractivity contribution in [3.63, 3.8) is 0 Å². The second-order valence-corrected chi connectivity index (χ2v) is 19.9. The number of aromatic nitrogens is 1. The average Bonchev–Trinajstić information content (AvgIpc) is 3.77. The van der Waals surface area contributed by atoms with E-state index in [4.69, 9.17) is 0 Å². The van der Waals surface area contributed by atoms with E-state index >= 15 is 0 Å². The molecule has 0 fully saturated rings. The summed E-state index contributed by atoms with van der Waals surface area (Å²) in [5.74, 6) is 0. The molecule has 0 atom stereocenters.